The molecule has 0 bridgehead atoms. The van der Waals surface area contributed by atoms with Crippen molar-refractivity contribution in [3.8, 4) is 34.4 Å². The highest BCUT2D eigenvalue weighted by atomic mass is 15.2. The highest BCUT2D eigenvalue weighted by Crippen LogP contribution is 2.41. The van der Waals surface area contributed by atoms with Crippen molar-refractivity contribution >= 4 is 43.6 Å². The second-order valence-corrected chi connectivity index (χ2v) is 10.4. The second-order valence-electron chi connectivity index (χ2n) is 10.4. The summed E-state index contributed by atoms with van der Waals surface area (Å²) in [5.74, 6) is 1.01. The third kappa shape index (κ3) is 3.69. The molecule has 5 nitrogen and oxygen atoms in total. The number of aromatic nitrogens is 5. The summed E-state index contributed by atoms with van der Waals surface area (Å²) in [7, 11) is 0. The number of benzene rings is 6. The van der Waals surface area contributed by atoms with E-state index in [1.807, 2.05) is 95.6 Å². The third-order valence-corrected chi connectivity index (χ3v) is 7.90. The first-order chi connectivity index (χ1) is 24.3. The van der Waals surface area contributed by atoms with Crippen LogP contribution in [0.5, 0.6) is 0 Å². The van der Waals surface area contributed by atoms with Crippen molar-refractivity contribution in [3.05, 3.63) is 152 Å². The fourth-order valence-electron chi connectivity index (χ4n) is 5.98. The van der Waals surface area contributed by atoms with E-state index in [9.17, 15) is 4.11 Å². The highest BCUT2D eigenvalue weighted by Gasteiger charge is 2.23. The molecule has 0 aliphatic rings. The van der Waals surface area contributed by atoms with E-state index in [-0.39, 0.29) is 42.2 Å². The molecular weight excluding hydrogens is 538 g/mol. The molecule has 0 fully saturated rings. The SMILES string of the molecule is [2H]c1cc([2H])c2c(c1)c1c([2H])c([2H])c3c4cc([2H])cc([2H])c4n(-c4nc(-c5ccccc5)nc(-c5ccccc5)n4)c3c1n2-c1ccccc1. The largest absolute Gasteiger partial charge is 0.307 e. The molecule has 3 heterocycles. The van der Waals surface area contributed by atoms with E-state index in [1.54, 1.807) is 16.7 Å². The lowest BCUT2D eigenvalue weighted by molar-refractivity contribution is 0.953. The summed E-state index contributed by atoms with van der Waals surface area (Å²) in [6, 6.07) is 34.9. The van der Waals surface area contributed by atoms with Crippen molar-refractivity contribution in [3.63, 3.8) is 0 Å². The van der Waals surface area contributed by atoms with Crippen LogP contribution in [0.2, 0.25) is 0 Å². The molecule has 0 N–H and O–H groups in total. The zero-order chi connectivity index (χ0) is 34.3. The Bertz CT molecular complexity index is 2760. The van der Waals surface area contributed by atoms with Gasteiger partial charge < -0.3 is 4.57 Å². The maximum Gasteiger partial charge on any atom is 0.238 e. The van der Waals surface area contributed by atoms with Crippen molar-refractivity contribution < 1.29 is 8.22 Å². The van der Waals surface area contributed by atoms with E-state index in [0.29, 0.717) is 60.9 Å². The van der Waals surface area contributed by atoms with Crippen LogP contribution in [0.3, 0.4) is 0 Å². The van der Waals surface area contributed by atoms with Crippen LogP contribution in [0.25, 0.3) is 78.0 Å². The van der Waals surface area contributed by atoms with Crippen molar-refractivity contribution in [2.45, 2.75) is 0 Å². The molecule has 44 heavy (non-hydrogen) atoms. The molecule has 0 aliphatic carbocycles. The van der Waals surface area contributed by atoms with Crippen LogP contribution in [0.4, 0.5) is 0 Å². The topological polar surface area (TPSA) is 48.5 Å². The van der Waals surface area contributed by atoms with Crippen molar-refractivity contribution in [2.75, 3.05) is 0 Å². The van der Waals surface area contributed by atoms with Gasteiger partial charge in [-0.3, -0.25) is 4.57 Å². The van der Waals surface area contributed by atoms with Crippen LogP contribution < -0.4 is 0 Å². The fraction of sp³-hybridized carbons (Fsp3) is 0. The summed E-state index contributed by atoms with van der Waals surface area (Å²) >= 11 is 0. The van der Waals surface area contributed by atoms with Gasteiger partial charge in [-0.1, -0.05) is 127 Å². The number of rotatable bonds is 4. The van der Waals surface area contributed by atoms with Gasteiger partial charge in [-0.2, -0.15) is 9.97 Å². The summed E-state index contributed by atoms with van der Waals surface area (Å²) in [4.78, 5) is 14.9. The molecule has 0 amide bonds. The Hall–Kier alpha value is -6.07. The van der Waals surface area contributed by atoms with Gasteiger partial charge in [-0.25, -0.2) is 4.98 Å². The molecule has 9 aromatic rings. The maximum atomic E-state index is 9.44. The first-order valence-corrected chi connectivity index (χ1v) is 14.2. The van der Waals surface area contributed by atoms with E-state index >= 15 is 0 Å². The molecule has 0 aliphatic heterocycles. The Balaban J connectivity index is 1.57. The van der Waals surface area contributed by atoms with Gasteiger partial charge >= 0.3 is 0 Å². The zero-order valence-corrected chi connectivity index (χ0v) is 23.2. The van der Waals surface area contributed by atoms with Crippen LogP contribution in [0.15, 0.2) is 152 Å². The van der Waals surface area contributed by atoms with Crippen LogP contribution >= 0.6 is 0 Å². The smallest absolute Gasteiger partial charge is 0.238 e. The first kappa shape index (κ1) is 19.2. The van der Waals surface area contributed by atoms with Gasteiger partial charge in [0.05, 0.1) is 30.3 Å². The molecular formula is C39H25N5. The minimum Gasteiger partial charge on any atom is -0.307 e. The number of nitrogens with zero attached hydrogens (tertiary/aromatic N) is 5. The van der Waals surface area contributed by atoms with Crippen molar-refractivity contribution in [1.29, 1.82) is 0 Å². The third-order valence-electron chi connectivity index (χ3n) is 7.90. The van der Waals surface area contributed by atoms with E-state index in [4.69, 9.17) is 19.1 Å². The lowest BCUT2D eigenvalue weighted by atomic mass is 10.1. The molecule has 0 radical (unpaired) electrons. The predicted molar refractivity (Wildman–Crippen MR) is 179 cm³/mol. The molecule has 0 atom stereocenters. The average Bonchev–Trinajstić information content (AvgIpc) is 3.65. The number of hydrogen-bond donors (Lipinski definition) is 0. The molecule has 0 unspecified atom stereocenters. The minimum absolute atomic E-state index is 0.0303. The van der Waals surface area contributed by atoms with Gasteiger partial charge in [0, 0.05) is 38.4 Å². The maximum absolute atomic E-state index is 9.44. The average molecular weight is 570 g/mol. The van der Waals surface area contributed by atoms with Crippen LogP contribution in [-0.4, -0.2) is 24.1 Å². The molecule has 0 spiro atoms. The zero-order valence-electron chi connectivity index (χ0n) is 29.2. The summed E-state index contributed by atoms with van der Waals surface area (Å²) in [5.41, 5.74) is 4.04. The van der Waals surface area contributed by atoms with Gasteiger partial charge in [0.15, 0.2) is 11.6 Å². The van der Waals surface area contributed by atoms with E-state index < -0.39 is 0 Å². The molecule has 9 rings (SSSR count). The van der Waals surface area contributed by atoms with E-state index in [1.165, 1.54) is 12.1 Å². The minimum atomic E-state index is -0.101. The summed E-state index contributed by atoms with van der Waals surface area (Å²) in [6.45, 7) is 0. The summed E-state index contributed by atoms with van der Waals surface area (Å²) in [5, 5.41) is 1.70. The van der Waals surface area contributed by atoms with Crippen molar-refractivity contribution in [2.24, 2.45) is 0 Å². The summed E-state index contributed by atoms with van der Waals surface area (Å²) in [6.07, 6.45) is 0. The predicted octanol–water partition coefficient (Wildman–Crippen LogP) is 9.40. The van der Waals surface area contributed by atoms with Crippen LogP contribution in [0, 0.1) is 0 Å². The van der Waals surface area contributed by atoms with Gasteiger partial charge in [0.25, 0.3) is 0 Å². The quantitative estimate of drug-likeness (QED) is 0.212. The standard InChI is InChI=1S/C39H25N5/c1-4-14-26(15-5-1)37-40-38(27-16-6-2-7-17-27)42-39(41-37)44-34-23-13-11-21-30(34)32-25-24-31-29-20-10-12-22-33(29)43(35(31)36(32)44)28-18-8-3-9-19-28/h1-25H/i10D,11D,22D,23D,24D,25D. The molecule has 206 valence electrons. The van der Waals surface area contributed by atoms with Gasteiger partial charge in [0.2, 0.25) is 5.95 Å². The van der Waals surface area contributed by atoms with Gasteiger partial charge in [0.1, 0.15) is 0 Å². The Morgan fingerprint density at radius 1 is 0.432 bits per heavy atom. The molecule has 3 aromatic heterocycles. The Labute approximate surface area is 261 Å². The first-order valence-electron chi connectivity index (χ1n) is 17.2. The molecule has 5 heteroatoms. The van der Waals surface area contributed by atoms with Crippen LogP contribution in [0.1, 0.15) is 8.22 Å². The lowest BCUT2D eigenvalue weighted by Gasteiger charge is -2.13. The van der Waals surface area contributed by atoms with E-state index in [0.717, 1.165) is 11.1 Å². The van der Waals surface area contributed by atoms with Crippen LogP contribution in [-0.2, 0) is 0 Å². The Morgan fingerprint density at radius 2 is 0.909 bits per heavy atom. The van der Waals surface area contributed by atoms with E-state index in [2.05, 4.69) is 0 Å². The van der Waals surface area contributed by atoms with Gasteiger partial charge in [-0.15, -0.1) is 0 Å². The monoisotopic (exact) mass is 569 g/mol. The Kier molecular flexibility index (Phi) is 4.25. The molecule has 0 saturated carbocycles. The number of para-hydroxylation sites is 3. The number of fused-ring (bicyclic) bond motifs is 7. The lowest BCUT2D eigenvalue weighted by Crippen LogP contribution is -2.07. The summed E-state index contributed by atoms with van der Waals surface area (Å²) < 4.78 is 57.8. The highest BCUT2D eigenvalue weighted by molar-refractivity contribution is 6.23. The normalized spacial score (nSPS) is 13.5. The second kappa shape index (κ2) is 9.75. The fourth-order valence-corrected chi connectivity index (χ4v) is 5.98. The molecule has 0 saturated heterocycles. The van der Waals surface area contributed by atoms with Crippen molar-refractivity contribution in [1.82, 2.24) is 24.1 Å². The number of hydrogen-bond acceptors (Lipinski definition) is 3. The van der Waals surface area contributed by atoms with Gasteiger partial charge in [-0.05, 0) is 24.2 Å². The Morgan fingerprint density at radius 3 is 1.45 bits per heavy atom. The molecule has 6 aromatic carbocycles.